The average Bonchev–Trinajstić information content (AvgIpc) is 1.96. The van der Waals surface area contributed by atoms with E-state index < -0.39 is 0 Å². The summed E-state index contributed by atoms with van der Waals surface area (Å²) < 4.78 is 0. The first kappa shape index (κ1) is 9.00. The molecule has 0 aliphatic carbocycles. The van der Waals surface area contributed by atoms with Crippen LogP contribution in [0.3, 0.4) is 0 Å². The van der Waals surface area contributed by atoms with Gasteiger partial charge >= 0.3 is 0 Å². The molecule has 12 heavy (non-hydrogen) atoms. The second kappa shape index (κ2) is 3.54. The number of nitrogens with two attached hydrogens (primary N) is 1. The van der Waals surface area contributed by atoms with Crippen LogP contribution in [0, 0.1) is 6.92 Å². The van der Waals surface area contributed by atoms with Gasteiger partial charge in [0.15, 0.2) is 0 Å². The summed E-state index contributed by atoms with van der Waals surface area (Å²) in [5.41, 5.74) is 8.50. The quantitative estimate of drug-likeness (QED) is 0.514. The molecule has 2 nitrogen and oxygen atoms in total. The van der Waals surface area contributed by atoms with Crippen LogP contribution in [0.25, 0.3) is 0 Å². The van der Waals surface area contributed by atoms with Crippen molar-refractivity contribution in [2.75, 3.05) is 11.1 Å². The van der Waals surface area contributed by atoms with Gasteiger partial charge in [-0.2, -0.15) is 0 Å². The minimum atomic E-state index is 0.727. The highest BCUT2D eigenvalue weighted by Gasteiger charge is 1.97. The van der Waals surface area contributed by atoms with Crippen molar-refractivity contribution in [1.82, 2.24) is 0 Å². The zero-order chi connectivity index (χ0) is 9.14. The first-order valence-corrected chi connectivity index (χ1v) is 4.14. The molecule has 0 aromatic heterocycles. The second-order valence-corrected chi connectivity index (χ2v) is 3.38. The van der Waals surface area contributed by atoms with E-state index in [1.165, 1.54) is 5.56 Å². The van der Waals surface area contributed by atoms with Crippen LogP contribution in [0.5, 0.6) is 0 Å². The zero-order valence-corrected chi connectivity index (χ0v) is 8.03. The number of thiocarbonyl (C=S) groups is 1. The van der Waals surface area contributed by atoms with E-state index in [0.717, 1.165) is 16.4 Å². The standard InChI is InChI=1S/C9H12N2S/c1-6-3-4-8(10)9(5-6)11-7(2)12/h3-5H,10H2,1-2H3,(H,11,12). The van der Waals surface area contributed by atoms with Gasteiger partial charge in [-0.3, -0.25) is 0 Å². The molecule has 1 aromatic carbocycles. The van der Waals surface area contributed by atoms with Crippen LogP contribution in [0.15, 0.2) is 18.2 Å². The van der Waals surface area contributed by atoms with Crippen molar-refractivity contribution in [1.29, 1.82) is 0 Å². The largest absolute Gasteiger partial charge is 0.397 e. The molecule has 0 unspecified atom stereocenters. The molecule has 1 rings (SSSR count). The van der Waals surface area contributed by atoms with Gasteiger partial charge in [0.25, 0.3) is 0 Å². The summed E-state index contributed by atoms with van der Waals surface area (Å²) >= 11 is 4.91. The third-order valence-corrected chi connectivity index (χ3v) is 1.62. The van der Waals surface area contributed by atoms with Crippen molar-refractivity contribution in [3.8, 4) is 0 Å². The van der Waals surface area contributed by atoms with Crippen molar-refractivity contribution < 1.29 is 0 Å². The number of hydrogen-bond acceptors (Lipinski definition) is 2. The third kappa shape index (κ3) is 2.20. The molecule has 0 aliphatic heterocycles. The summed E-state index contributed by atoms with van der Waals surface area (Å²) in [4.78, 5) is 0.729. The van der Waals surface area contributed by atoms with Crippen molar-refractivity contribution >= 4 is 28.6 Å². The summed E-state index contributed by atoms with van der Waals surface area (Å²) in [6.45, 7) is 3.85. The van der Waals surface area contributed by atoms with Gasteiger partial charge in [0.05, 0.1) is 16.4 Å². The Bertz CT molecular complexity index is 307. The number of benzene rings is 1. The number of hydrogen-bond donors (Lipinski definition) is 2. The van der Waals surface area contributed by atoms with Crippen molar-refractivity contribution in [2.24, 2.45) is 0 Å². The van der Waals surface area contributed by atoms with Gasteiger partial charge in [0.1, 0.15) is 0 Å². The minimum absolute atomic E-state index is 0.727. The molecule has 64 valence electrons. The van der Waals surface area contributed by atoms with Crippen LogP contribution in [0.2, 0.25) is 0 Å². The highest BCUT2D eigenvalue weighted by molar-refractivity contribution is 7.80. The van der Waals surface area contributed by atoms with Gasteiger partial charge in [-0.25, -0.2) is 0 Å². The van der Waals surface area contributed by atoms with Crippen molar-refractivity contribution in [3.05, 3.63) is 23.8 Å². The normalized spacial score (nSPS) is 9.50. The summed E-state index contributed by atoms with van der Waals surface area (Å²) in [6, 6.07) is 5.82. The van der Waals surface area contributed by atoms with E-state index in [1.54, 1.807) is 0 Å². The lowest BCUT2D eigenvalue weighted by Gasteiger charge is -2.07. The number of anilines is 2. The molecule has 0 bridgehead atoms. The lowest BCUT2D eigenvalue weighted by atomic mass is 10.2. The highest BCUT2D eigenvalue weighted by atomic mass is 32.1. The van der Waals surface area contributed by atoms with Crippen molar-refractivity contribution in [2.45, 2.75) is 13.8 Å². The minimum Gasteiger partial charge on any atom is -0.397 e. The van der Waals surface area contributed by atoms with E-state index in [0.29, 0.717) is 0 Å². The second-order valence-electron chi connectivity index (χ2n) is 2.77. The van der Waals surface area contributed by atoms with Crippen LogP contribution >= 0.6 is 12.2 Å². The molecular weight excluding hydrogens is 168 g/mol. The summed E-state index contributed by atoms with van der Waals surface area (Å²) in [5, 5.41) is 3.02. The van der Waals surface area contributed by atoms with E-state index in [2.05, 4.69) is 5.32 Å². The van der Waals surface area contributed by atoms with Crippen molar-refractivity contribution in [3.63, 3.8) is 0 Å². The van der Waals surface area contributed by atoms with Gasteiger partial charge in [-0.05, 0) is 31.5 Å². The fourth-order valence-electron chi connectivity index (χ4n) is 0.968. The van der Waals surface area contributed by atoms with E-state index in [1.807, 2.05) is 32.0 Å². The zero-order valence-electron chi connectivity index (χ0n) is 7.22. The molecule has 0 radical (unpaired) electrons. The molecule has 0 saturated heterocycles. The summed E-state index contributed by atoms with van der Waals surface area (Å²) in [6.07, 6.45) is 0. The first-order valence-electron chi connectivity index (χ1n) is 3.73. The Hall–Kier alpha value is -1.09. The van der Waals surface area contributed by atoms with Gasteiger partial charge in [-0.1, -0.05) is 18.3 Å². The van der Waals surface area contributed by atoms with Gasteiger partial charge in [0, 0.05) is 0 Å². The fraction of sp³-hybridized carbons (Fsp3) is 0.222. The Kier molecular flexibility index (Phi) is 2.65. The Morgan fingerprint density at radius 1 is 1.50 bits per heavy atom. The topological polar surface area (TPSA) is 38.0 Å². The molecule has 1 aromatic rings. The van der Waals surface area contributed by atoms with Crippen LogP contribution in [0.1, 0.15) is 12.5 Å². The third-order valence-electron chi connectivity index (χ3n) is 1.52. The van der Waals surface area contributed by atoms with E-state index >= 15 is 0 Å². The summed E-state index contributed by atoms with van der Waals surface area (Å²) in [5.74, 6) is 0. The summed E-state index contributed by atoms with van der Waals surface area (Å²) in [7, 11) is 0. The lowest BCUT2D eigenvalue weighted by Crippen LogP contribution is -2.06. The van der Waals surface area contributed by atoms with Crippen LogP contribution in [-0.2, 0) is 0 Å². The smallest absolute Gasteiger partial charge is 0.0766 e. The lowest BCUT2D eigenvalue weighted by molar-refractivity contribution is 1.46. The van der Waals surface area contributed by atoms with Gasteiger partial charge in [-0.15, -0.1) is 0 Å². The molecular formula is C9H12N2S. The van der Waals surface area contributed by atoms with Crippen LogP contribution in [-0.4, -0.2) is 4.99 Å². The first-order chi connectivity index (χ1) is 5.59. The van der Waals surface area contributed by atoms with E-state index in [9.17, 15) is 0 Å². The van der Waals surface area contributed by atoms with Crippen LogP contribution < -0.4 is 11.1 Å². The molecule has 3 heteroatoms. The van der Waals surface area contributed by atoms with E-state index in [-0.39, 0.29) is 0 Å². The number of aryl methyl sites for hydroxylation is 1. The predicted octanol–water partition coefficient (Wildman–Crippen LogP) is 2.34. The molecule has 0 spiro atoms. The Labute approximate surface area is 77.8 Å². The molecule has 0 amide bonds. The molecule has 0 aliphatic rings. The molecule has 0 saturated carbocycles. The monoisotopic (exact) mass is 180 g/mol. The SMILES string of the molecule is CC(=S)Nc1cc(C)ccc1N. The molecule has 0 atom stereocenters. The maximum Gasteiger partial charge on any atom is 0.0766 e. The molecule has 3 N–H and O–H groups in total. The Morgan fingerprint density at radius 2 is 2.17 bits per heavy atom. The number of nitrogens with one attached hydrogen (secondary N) is 1. The Balaban J connectivity index is 2.97. The molecule has 0 heterocycles. The Morgan fingerprint density at radius 3 is 2.75 bits per heavy atom. The van der Waals surface area contributed by atoms with Crippen LogP contribution in [0.4, 0.5) is 11.4 Å². The fourth-order valence-corrected chi connectivity index (χ4v) is 1.08. The average molecular weight is 180 g/mol. The highest BCUT2D eigenvalue weighted by Crippen LogP contribution is 2.19. The maximum absolute atomic E-state index is 5.72. The number of nitrogen functional groups attached to an aromatic ring is 1. The predicted molar refractivity (Wildman–Crippen MR) is 57.5 cm³/mol. The van der Waals surface area contributed by atoms with Gasteiger partial charge in [0.2, 0.25) is 0 Å². The van der Waals surface area contributed by atoms with Gasteiger partial charge < -0.3 is 11.1 Å². The molecule has 0 fully saturated rings. The van der Waals surface area contributed by atoms with E-state index in [4.69, 9.17) is 18.0 Å². The maximum atomic E-state index is 5.72. The number of rotatable bonds is 1.